The van der Waals surface area contributed by atoms with Gasteiger partial charge < -0.3 is 4.74 Å². The van der Waals surface area contributed by atoms with Gasteiger partial charge in [0.25, 0.3) is 0 Å². The fourth-order valence-corrected chi connectivity index (χ4v) is 1.57. The predicted molar refractivity (Wildman–Crippen MR) is 52.3 cm³/mol. The van der Waals surface area contributed by atoms with Crippen molar-refractivity contribution in [2.24, 2.45) is 0 Å². The van der Waals surface area contributed by atoms with Crippen molar-refractivity contribution in [2.45, 2.75) is 25.7 Å². The first-order valence-corrected chi connectivity index (χ1v) is 4.84. The number of rotatable bonds is 3. The molecule has 1 aliphatic heterocycles. The van der Waals surface area contributed by atoms with Crippen LogP contribution >= 0.6 is 0 Å². The van der Waals surface area contributed by atoms with Gasteiger partial charge in [-0.2, -0.15) is 0 Å². The van der Waals surface area contributed by atoms with E-state index in [9.17, 15) is 0 Å². The molecule has 13 heavy (non-hydrogen) atoms. The molecule has 1 aromatic carbocycles. The van der Waals surface area contributed by atoms with Crippen LogP contribution in [0.3, 0.4) is 0 Å². The fourth-order valence-electron chi connectivity index (χ4n) is 1.57. The van der Waals surface area contributed by atoms with E-state index in [4.69, 9.17) is 4.74 Å². The highest BCUT2D eigenvalue weighted by Crippen LogP contribution is 2.09. The van der Waals surface area contributed by atoms with Gasteiger partial charge in [-0.05, 0) is 24.9 Å². The largest absolute Gasteiger partial charge is 0.359 e. The van der Waals surface area contributed by atoms with E-state index in [1.807, 2.05) is 18.2 Å². The van der Waals surface area contributed by atoms with Crippen LogP contribution in [0, 0.1) is 0 Å². The zero-order valence-electron chi connectivity index (χ0n) is 7.70. The lowest BCUT2D eigenvalue weighted by molar-refractivity contribution is 0.0311. The first kappa shape index (κ1) is 8.73. The number of benzene rings is 1. The Morgan fingerprint density at radius 3 is 2.85 bits per heavy atom. The molecule has 1 saturated heterocycles. The van der Waals surface area contributed by atoms with Crippen molar-refractivity contribution in [2.75, 3.05) is 6.54 Å². The smallest absolute Gasteiger partial charge is 0.108 e. The van der Waals surface area contributed by atoms with Crippen molar-refractivity contribution in [3.8, 4) is 0 Å². The van der Waals surface area contributed by atoms with Crippen LogP contribution < -0.4 is 5.32 Å². The minimum atomic E-state index is 0.278. The lowest BCUT2D eigenvalue weighted by Gasteiger charge is -2.11. The molecule has 0 spiro atoms. The summed E-state index contributed by atoms with van der Waals surface area (Å²) in [5, 5.41) is 3.30. The Balaban J connectivity index is 1.79. The van der Waals surface area contributed by atoms with Crippen molar-refractivity contribution in [1.82, 2.24) is 5.32 Å². The Hall–Kier alpha value is -0.860. The second-order valence-corrected chi connectivity index (χ2v) is 3.38. The molecule has 0 aromatic heterocycles. The van der Waals surface area contributed by atoms with Crippen molar-refractivity contribution in [3.63, 3.8) is 0 Å². The normalized spacial score (nSPS) is 22.0. The van der Waals surface area contributed by atoms with Crippen molar-refractivity contribution in [3.05, 3.63) is 35.9 Å². The average Bonchev–Trinajstić information content (AvgIpc) is 2.69. The maximum atomic E-state index is 5.68. The summed E-state index contributed by atoms with van der Waals surface area (Å²) in [7, 11) is 0. The lowest BCUT2D eigenvalue weighted by Crippen LogP contribution is -2.24. The molecule has 0 bridgehead atoms. The number of ether oxygens (including phenoxy) is 1. The van der Waals surface area contributed by atoms with Crippen molar-refractivity contribution >= 4 is 0 Å². The van der Waals surface area contributed by atoms with Crippen LogP contribution in [0.15, 0.2) is 30.3 Å². The lowest BCUT2D eigenvalue weighted by atomic mass is 10.2. The van der Waals surface area contributed by atoms with Gasteiger partial charge in [0.2, 0.25) is 0 Å². The number of hydrogen-bond acceptors (Lipinski definition) is 2. The van der Waals surface area contributed by atoms with Gasteiger partial charge in [0, 0.05) is 0 Å². The molecular weight excluding hydrogens is 162 g/mol. The fraction of sp³-hybridized carbons (Fsp3) is 0.455. The van der Waals surface area contributed by atoms with Crippen molar-refractivity contribution < 1.29 is 4.74 Å². The minimum Gasteiger partial charge on any atom is -0.359 e. The van der Waals surface area contributed by atoms with Crippen LogP contribution in [-0.2, 0) is 11.3 Å². The molecule has 1 aliphatic rings. The van der Waals surface area contributed by atoms with Crippen LogP contribution in [-0.4, -0.2) is 12.8 Å². The van der Waals surface area contributed by atoms with Gasteiger partial charge in [0.15, 0.2) is 0 Å². The Kier molecular flexibility index (Phi) is 2.95. The highest BCUT2D eigenvalue weighted by atomic mass is 16.5. The Bertz CT molecular complexity index is 242. The van der Waals surface area contributed by atoms with Gasteiger partial charge in [-0.1, -0.05) is 30.3 Å². The maximum Gasteiger partial charge on any atom is 0.108 e. The molecule has 1 aromatic rings. The van der Waals surface area contributed by atoms with Gasteiger partial charge in [-0.3, -0.25) is 5.32 Å². The third kappa shape index (κ3) is 2.54. The summed E-state index contributed by atoms with van der Waals surface area (Å²) in [6, 6.07) is 10.3. The molecular formula is C11H15NO. The van der Waals surface area contributed by atoms with E-state index in [1.165, 1.54) is 12.0 Å². The molecule has 0 amide bonds. The molecule has 0 unspecified atom stereocenters. The van der Waals surface area contributed by atoms with Crippen LogP contribution in [0.4, 0.5) is 0 Å². The van der Waals surface area contributed by atoms with Crippen LogP contribution in [0.2, 0.25) is 0 Å². The molecule has 1 fully saturated rings. The van der Waals surface area contributed by atoms with Gasteiger partial charge in [0.1, 0.15) is 6.23 Å². The molecule has 0 saturated carbocycles. The van der Waals surface area contributed by atoms with Crippen LogP contribution in [0.5, 0.6) is 0 Å². The molecule has 1 atom stereocenters. The summed E-state index contributed by atoms with van der Waals surface area (Å²) in [4.78, 5) is 0. The molecule has 70 valence electrons. The second-order valence-electron chi connectivity index (χ2n) is 3.38. The number of nitrogens with one attached hydrogen (secondary N) is 1. The molecule has 2 heteroatoms. The van der Waals surface area contributed by atoms with Crippen molar-refractivity contribution in [1.29, 1.82) is 0 Å². The Morgan fingerprint density at radius 2 is 2.15 bits per heavy atom. The minimum absolute atomic E-state index is 0.278. The monoisotopic (exact) mass is 177 g/mol. The van der Waals surface area contributed by atoms with Gasteiger partial charge in [-0.25, -0.2) is 0 Å². The Labute approximate surface area is 78.9 Å². The standard InChI is InChI=1S/C11H15NO/c1-2-5-10(6-3-1)9-13-11-7-4-8-12-11/h1-3,5-6,11-12H,4,7-9H2/t11-/m1/s1. The van der Waals surface area contributed by atoms with Crippen LogP contribution in [0.1, 0.15) is 18.4 Å². The van der Waals surface area contributed by atoms with E-state index in [2.05, 4.69) is 17.4 Å². The summed E-state index contributed by atoms with van der Waals surface area (Å²) in [5.41, 5.74) is 1.25. The summed E-state index contributed by atoms with van der Waals surface area (Å²) in [6.07, 6.45) is 2.66. The molecule has 0 aliphatic carbocycles. The van der Waals surface area contributed by atoms with E-state index in [1.54, 1.807) is 0 Å². The zero-order valence-corrected chi connectivity index (χ0v) is 7.70. The third-order valence-corrected chi connectivity index (χ3v) is 2.31. The van der Waals surface area contributed by atoms with Crippen LogP contribution in [0.25, 0.3) is 0 Å². The topological polar surface area (TPSA) is 21.3 Å². The van der Waals surface area contributed by atoms with Gasteiger partial charge >= 0.3 is 0 Å². The van der Waals surface area contributed by atoms with E-state index in [0.717, 1.165) is 19.6 Å². The average molecular weight is 177 g/mol. The molecule has 1 heterocycles. The third-order valence-electron chi connectivity index (χ3n) is 2.31. The summed E-state index contributed by atoms with van der Waals surface area (Å²) >= 11 is 0. The van der Waals surface area contributed by atoms with Gasteiger partial charge in [0.05, 0.1) is 6.61 Å². The number of hydrogen-bond donors (Lipinski definition) is 1. The molecule has 1 N–H and O–H groups in total. The molecule has 0 radical (unpaired) electrons. The highest BCUT2D eigenvalue weighted by Gasteiger charge is 2.13. The quantitative estimate of drug-likeness (QED) is 0.761. The summed E-state index contributed by atoms with van der Waals surface area (Å²) in [5.74, 6) is 0. The van der Waals surface area contributed by atoms with Gasteiger partial charge in [-0.15, -0.1) is 0 Å². The second kappa shape index (κ2) is 4.40. The van der Waals surface area contributed by atoms with E-state index < -0.39 is 0 Å². The predicted octanol–water partition coefficient (Wildman–Crippen LogP) is 1.91. The zero-order chi connectivity index (χ0) is 8.93. The Morgan fingerprint density at radius 1 is 1.31 bits per heavy atom. The van der Waals surface area contributed by atoms with E-state index in [-0.39, 0.29) is 6.23 Å². The van der Waals surface area contributed by atoms with E-state index >= 15 is 0 Å². The molecule has 2 nitrogen and oxygen atoms in total. The first-order chi connectivity index (χ1) is 6.45. The summed E-state index contributed by atoms with van der Waals surface area (Å²) in [6.45, 7) is 1.82. The molecule has 2 rings (SSSR count). The highest BCUT2D eigenvalue weighted by molar-refractivity contribution is 5.13. The maximum absolute atomic E-state index is 5.68. The first-order valence-electron chi connectivity index (χ1n) is 4.84. The summed E-state index contributed by atoms with van der Waals surface area (Å²) < 4.78 is 5.68. The SMILES string of the molecule is c1ccc(CO[C@@H]2CCCN2)cc1. The van der Waals surface area contributed by atoms with E-state index in [0.29, 0.717) is 0 Å².